The Morgan fingerprint density at radius 1 is 1.48 bits per heavy atom. The van der Waals surface area contributed by atoms with E-state index in [2.05, 4.69) is 27.9 Å². The normalized spacial score (nSPS) is 18.4. The topological polar surface area (TPSA) is 63.2 Å². The van der Waals surface area contributed by atoms with E-state index in [1.165, 1.54) is 0 Å². The van der Waals surface area contributed by atoms with Gasteiger partial charge in [-0.25, -0.2) is 4.98 Å². The van der Waals surface area contributed by atoms with E-state index >= 15 is 0 Å². The zero-order chi connectivity index (χ0) is 15.0. The molecule has 0 radical (unpaired) electrons. The second kappa shape index (κ2) is 5.37. The van der Waals surface area contributed by atoms with Crippen LogP contribution < -0.4 is 15.4 Å². The highest BCUT2D eigenvalue weighted by Crippen LogP contribution is 2.33. The largest absolute Gasteiger partial charge is 0.479 e. The molecule has 1 aromatic carbocycles. The predicted octanol–water partition coefficient (Wildman–Crippen LogP) is 3.34. The fourth-order valence-corrected chi connectivity index (χ4v) is 2.91. The first kappa shape index (κ1) is 13.9. The molecule has 1 aliphatic heterocycles. The van der Waals surface area contributed by atoms with Crippen LogP contribution in [0.2, 0.25) is 0 Å². The van der Waals surface area contributed by atoms with Gasteiger partial charge in [-0.2, -0.15) is 0 Å². The Labute approximate surface area is 127 Å². The molecule has 2 aromatic rings. The molecule has 2 N–H and O–H groups in total. The average molecular weight is 303 g/mol. The number of hydrogen-bond donors (Lipinski definition) is 2. The second-order valence-electron chi connectivity index (χ2n) is 5.12. The lowest BCUT2D eigenvalue weighted by molar-refractivity contribution is -0.122. The van der Waals surface area contributed by atoms with Gasteiger partial charge in [-0.1, -0.05) is 0 Å². The third-order valence-corrected chi connectivity index (χ3v) is 4.17. The van der Waals surface area contributed by atoms with Crippen LogP contribution in [0.15, 0.2) is 23.6 Å². The zero-order valence-electron chi connectivity index (χ0n) is 12.1. The number of hydrogen-bond acceptors (Lipinski definition) is 5. The first-order chi connectivity index (χ1) is 10.0. The van der Waals surface area contributed by atoms with Crippen LogP contribution in [0.1, 0.15) is 30.6 Å². The molecule has 2 heterocycles. The number of anilines is 2. The van der Waals surface area contributed by atoms with Gasteiger partial charge in [-0.3, -0.25) is 4.79 Å². The molecule has 2 unspecified atom stereocenters. The Balaban J connectivity index is 1.78. The lowest BCUT2D eigenvalue weighted by Gasteiger charge is -2.24. The van der Waals surface area contributed by atoms with Gasteiger partial charge in [0.05, 0.1) is 22.4 Å². The number of benzene rings is 1. The zero-order valence-corrected chi connectivity index (χ0v) is 13.0. The van der Waals surface area contributed by atoms with Crippen LogP contribution >= 0.6 is 11.3 Å². The standard InChI is InChI=1S/C15H17N3O2S/c1-8(13-7-21-10(3)17-13)16-11-4-5-14-12(6-11)18-15(19)9(2)20-14/h4-9,16H,1-3H3,(H,18,19). The molecular weight excluding hydrogens is 286 g/mol. The van der Waals surface area contributed by atoms with Crippen LogP contribution in [-0.4, -0.2) is 17.0 Å². The van der Waals surface area contributed by atoms with Crippen molar-refractivity contribution in [1.82, 2.24) is 4.98 Å². The SMILES string of the molecule is Cc1nc(C(C)Nc2ccc3c(c2)NC(=O)C(C)O3)cs1. The highest BCUT2D eigenvalue weighted by molar-refractivity contribution is 7.09. The number of ether oxygens (including phenoxy) is 1. The van der Waals surface area contributed by atoms with E-state index in [9.17, 15) is 4.79 Å². The van der Waals surface area contributed by atoms with Crippen molar-refractivity contribution in [2.75, 3.05) is 10.6 Å². The van der Waals surface area contributed by atoms with E-state index in [-0.39, 0.29) is 11.9 Å². The minimum Gasteiger partial charge on any atom is -0.479 e. The third-order valence-electron chi connectivity index (χ3n) is 3.37. The Hall–Kier alpha value is -2.08. The van der Waals surface area contributed by atoms with Crippen LogP contribution in [0, 0.1) is 6.92 Å². The van der Waals surface area contributed by atoms with Crippen LogP contribution in [0.3, 0.4) is 0 Å². The van der Waals surface area contributed by atoms with Crippen LogP contribution in [0.25, 0.3) is 0 Å². The van der Waals surface area contributed by atoms with E-state index in [1.54, 1.807) is 18.3 Å². The smallest absolute Gasteiger partial charge is 0.265 e. The summed E-state index contributed by atoms with van der Waals surface area (Å²) in [6.07, 6.45) is -0.451. The monoisotopic (exact) mass is 303 g/mol. The lowest BCUT2D eigenvalue weighted by Crippen LogP contribution is -2.34. The fourth-order valence-electron chi connectivity index (χ4n) is 2.20. The van der Waals surface area contributed by atoms with E-state index < -0.39 is 6.10 Å². The quantitative estimate of drug-likeness (QED) is 0.913. The van der Waals surface area contributed by atoms with Crippen LogP contribution in [0.4, 0.5) is 11.4 Å². The molecule has 0 saturated heterocycles. The first-order valence-electron chi connectivity index (χ1n) is 6.83. The summed E-state index contributed by atoms with van der Waals surface area (Å²) in [5.41, 5.74) is 2.64. The molecule has 5 nitrogen and oxygen atoms in total. The van der Waals surface area contributed by atoms with Gasteiger partial charge in [0.15, 0.2) is 6.10 Å². The molecule has 0 fully saturated rings. The van der Waals surface area contributed by atoms with Gasteiger partial charge in [0, 0.05) is 11.1 Å². The maximum Gasteiger partial charge on any atom is 0.265 e. The van der Waals surface area contributed by atoms with Crippen molar-refractivity contribution in [3.63, 3.8) is 0 Å². The summed E-state index contributed by atoms with van der Waals surface area (Å²) in [5.74, 6) is 0.577. The van der Waals surface area contributed by atoms with Crippen molar-refractivity contribution in [2.24, 2.45) is 0 Å². The number of rotatable bonds is 3. The van der Waals surface area contributed by atoms with Crippen LogP contribution in [0.5, 0.6) is 5.75 Å². The summed E-state index contributed by atoms with van der Waals surface area (Å²) in [6, 6.07) is 5.80. The first-order valence-corrected chi connectivity index (χ1v) is 7.71. The molecule has 0 aliphatic carbocycles. The van der Waals surface area contributed by atoms with Gasteiger partial charge < -0.3 is 15.4 Å². The molecule has 110 valence electrons. The Morgan fingerprint density at radius 3 is 3.00 bits per heavy atom. The number of thiazole rings is 1. The minimum absolute atomic E-state index is 0.104. The highest BCUT2D eigenvalue weighted by Gasteiger charge is 2.23. The molecular formula is C15H17N3O2S. The van der Waals surface area contributed by atoms with Gasteiger partial charge in [0.25, 0.3) is 5.91 Å². The van der Waals surface area contributed by atoms with Crippen molar-refractivity contribution in [3.05, 3.63) is 34.3 Å². The maximum atomic E-state index is 11.6. The Morgan fingerprint density at radius 2 is 2.29 bits per heavy atom. The molecule has 2 atom stereocenters. The number of fused-ring (bicyclic) bond motifs is 1. The molecule has 6 heteroatoms. The summed E-state index contributed by atoms with van der Waals surface area (Å²) < 4.78 is 5.54. The van der Waals surface area contributed by atoms with Gasteiger partial charge in [-0.15, -0.1) is 11.3 Å². The molecule has 21 heavy (non-hydrogen) atoms. The van der Waals surface area contributed by atoms with E-state index in [1.807, 2.05) is 25.1 Å². The average Bonchev–Trinajstić information content (AvgIpc) is 2.87. The van der Waals surface area contributed by atoms with Gasteiger partial charge in [0.1, 0.15) is 5.75 Å². The Bertz CT molecular complexity index is 683. The summed E-state index contributed by atoms with van der Waals surface area (Å²) in [6.45, 7) is 5.79. The van der Waals surface area contributed by atoms with Crippen molar-refractivity contribution < 1.29 is 9.53 Å². The van der Waals surface area contributed by atoms with Gasteiger partial charge in [-0.05, 0) is 39.0 Å². The highest BCUT2D eigenvalue weighted by atomic mass is 32.1. The van der Waals surface area contributed by atoms with E-state index in [0.29, 0.717) is 11.4 Å². The van der Waals surface area contributed by atoms with E-state index in [0.717, 1.165) is 16.4 Å². The molecule has 3 rings (SSSR count). The Kier molecular flexibility index (Phi) is 3.55. The number of carbonyl (C=O) groups excluding carboxylic acids is 1. The number of amides is 1. The van der Waals surface area contributed by atoms with Gasteiger partial charge >= 0.3 is 0 Å². The third kappa shape index (κ3) is 2.85. The maximum absolute atomic E-state index is 11.6. The molecule has 0 spiro atoms. The molecule has 1 aromatic heterocycles. The summed E-state index contributed by atoms with van der Waals surface area (Å²) in [5, 5.41) is 9.34. The number of aryl methyl sites for hydroxylation is 1. The second-order valence-corrected chi connectivity index (χ2v) is 6.18. The number of nitrogens with one attached hydrogen (secondary N) is 2. The number of carbonyl (C=O) groups is 1. The van der Waals surface area contributed by atoms with Crippen molar-refractivity contribution in [2.45, 2.75) is 32.9 Å². The summed E-state index contributed by atoms with van der Waals surface area (Å²) in [7, 11) is 0. The lowest BCUT2D eigenvalue weighted by atomic mass is 10.2. The van der Waals surface area contributed by atoms with Crippen molar-refractivity contribution in [3.8, 4) is 5.75 Å². The predicted molar refractivity (Wildman–Crippen MR) is 84.1 cm³/mol. The number of nitrogens with zero attached hydrogens (tertiary/aromatic N) is 1. The number of aromatic nitrogens is 1. The summed E-state index contributed by atoms with van der Waals surface area (Å²) >= 11 is 1.64. The van der Waals surface area contributed by atoms with Crippen molar-refractivity contribution in [1.29, 1.82) is 0 Å². The summed E-state index contributed by atoms with van der Waals surface area (Å²) in [4.78, 5) is 16.1. The van der Waals surface area contributed by atoms with Crippen molar-refractivity contribution >= 4 is 28.6 Å². The van der Waals surface area contributed by atoms with Crippen LogP contribution in [-0.2, 0) is 4.79 Å². The van der Waals surface area contributed by atoms with Gasteiger partial charge in [0.2, 0.25) is 0 Å². The molecule has 1 amide bonds. The minimum atomic E-state index is -0.451. The fraction of sp³-hybridized carbons (Fsp3) is 0.333. The van der Waals surface area contributed by atoms with E-state index in [4.69, 9.17) is 4.74 Å². The molecule has 0 bridgehead atoms. The molecule has 1 aliphatic rings. The molecule has 0 saturated carbocycles.